The Morgan fingerprint density at radius 2 is 2.10 bits per heavy atom. The molecule has 0 saturated heterocycles. The van der Waals surface area contributed by atoms with E-state index in [4.69, 9.17) is 4.74 Å². The van der Waals surface area contributed by atoms with E-state index in [2.05, 4.69) is 28.7 Å². The molecule has 0 radical (unpaired) electrons. The number of para-hydroxylation sites is 2. The molecule has 0 atom stereocenters. The van der Waals surface area contributed by atoms with Crippen LogP contribution in [0, 0.1) is 16.0 Å². The summed E-state index contributed by atoms with van der Waals surface area (Å²) in [6, 6.07) is 12.1. The van der Waals surface area contributed by atoms with Crippen LogP contribution >= 0.6 is 11.3 Å². The van der Waals surface area contributed by atoms with E-state index in [9.17, 15) is 14.9 Å². The van der Waals surface area contributed by atoms with Crippen LogP contribution in [-0.4, -0.2) is 22.0 Å². The summed E-state index contributed by atoms with van der Waals surface area (Å²) < 4.78 is 7.50. The van der Waals surface area contributed by atoms with Gasteiger partial charge in [-0.15, -0.1) is 11.3 Å². The minimum Gasteiger partial charge on any atom is -0.482 e. The molecule has 1 amide bonds. The molecule has 8 nitrogen and oxygen atoms in total. The number of carbonyl (C=O) groups is 1. The number of hydrogen-bond donors (Lipinski definition) is 1. The van der Waals surface area contributed by atoms with E-state index < -0.39 is 4.92 Å². The highest BCUT2D eigenvalue weighted by Crippen LogP contribution is 2.33. The van der Waals surface area contributed by atoms with Crippen LogP contribution in [0.5, 0.6) is 5.75 Å². The van der Waals surface area contributed by atoms with Crippen molar-refractivity contribution in [3.63, 3.8) is 0 Å². The maximum absolute atomic E-state index is 11.7. The number of nitrogens with zero attached hydrogens (tertiary/aromatic N) is 3. The Kier molecular flexibility index (Phi) is 5.37. The quantitative estimate of drug-likeness (QED) is 0.486. The van der Waals surface area contributed by atoms with Gasteiger partial charge in [0, 0.05) is 23.6 Å². The summed E-state index contributed by atoms with van der Waals surface area (Å²) >= 11 is 1.42. The molecule has 0 fully saturated rings. The van der Waals surface area contributed by atoms with E-state index in [0.717, 1.165) is 11.3 Å². The van der Waals surface area contributed by atoms with Crippen LogP contribution in [0.1, 0.15) is 13.8 Å². The van der Waals surface area contributed by atoms with Crippen molar-refractivity contribution in [1.29, 1.82) is 0 Å². The first-order valence-electron chi connectivity index (χ1n) is 9.46. The first kappa shape index (κ1) is 19.8. The molecule has 2 aromatic carbocycles. The van der Waals surface area contributed by atoms with Gasteiger partial charge in [0.1, 0.15) is 11.4 Å². The van der Waals surface area contributed by atoms with Gasteiger partial charge in [0.15, 0.2) is 11.4 Å². The van der Waals surface area contributed by atoms with E-state index in [1.165, 1.54) is 17.4 Å². The van der Waals surface area contributed by atoms with E-state index in [1.807, 2.05) is 23.6 Å². The monoisotopic (exact) mass is 424 g/mol. The summed E-state index contributed by atoms with van der Waals surface area (Å²) in [6.07, 6.45) is 0. The Balaban J connectivity index is 1.84. The van der Waals surface area contributed by atoms with Crippen molar-refractivity contribution in [3.8, 4) is 17.0 Å². The molecular weight excluding hydrogens is 404 g/mol. The van der Waals surface area contributed by atoms with Crippen molar-refractivity contribution in [3.05, 3.63) is 62.8 Å². The molecule has 0 spiro atoms. The van der Waals surface area contributed by atoms with Crippen LogP contribution in [0.2, 0.25) is 0 Å². The van der Waals surface area contributed by atoms with Crippen molar-refractivity contribution in [2.24, 2.45) is 10.9 Å². The SMILES string of the molecule is CC(C)Cn1c(-c2ccc3c(c2)NC(=O)CO3)csc1=Nc1ccccc1[N+](=O)[O-]. The number of hydrogen-bond acceptors (Lipinski definition) is 6. The number of nitrogens with one attached hydrogen (secondary N) is 1. The lowest BCUT2D eigenvalue weighted by Gasteiger charge is -2.19. The number of nitro benzene ring substituents is 1. The zero-order valence-corrected chi connectivity index (χ0v) is 17.3. The van der Waals surface area contributed by atoms with Crippen LogP contribution in [0.3, 0.4) is 0 Å². The van der Waals surface area contributed by atoms with Gasteiger partial charge in [-0.2, -0.15) is 0 Å². The summed E-state index contributed by atoms with van der Waals surface area (Å²) in [6.45, 7) is 4.91. The molecule has 1 N–H and O–H groups in total. The molecule has 9 heteroatoms. The largest absolute Gasteiger partial charge is 0.482 e. The highest BCUT2D eigenvalue weighted by atomic mass is 32.1. The van der Waals surface area contributed by atoms with Crippen molar-refractivity contribution in [1.82, 2.24) is 4.57 Å². The molecular formula is C21H20N4O4S. The third kappa shape index (κ3) is 3.97. The third-order valence-corrected chi connectivity index (χ3v) is 5.41. The number of nitro groups is 1. The van der Waals surface area contributed by atoms with Gasteiger partial charge in [0.25, 0.3) is 11.6 Å². The van der Waals surface area contributed by atoms with Gasteiger partial charge in [0.2, 0.25) is 0 Å². The molecule has 0 aliphatic carbocycles. The molecule has 0 saturated carbocycles. The summed E-state index contributed by atoms with van der Waals surface area (Å²) in [5.74, 6) is 0.782. The lowest BCUT2D eigenvalue weighted by molar-refractivity contribution is -0.384. The summed E-state index contributed by atoms with van der Waals surface area (Å²) in [5, 5.41) is 16.2. The Bertz CT molecular complexity index is 1200. The summed E-state index contributed by atoms with van der Waals surface area (Å²) in [5.41, 5.74) is 2.74. The van der Waals surface area contributed by atoms with E-state index in [-0.39, 0.29) is 18.2 Å². The van der Waals surface area contributed by atoms with Gasteiger partial charge in [-0.3, -0.25) is 14.9 Å². The number of aromatic nitrogens is 1. The van der Waals surface area contributed by atoms with Gasteiger partial charge in [-0.05, 0) is 30.2 Å². The van der Waals surface area contributed by atoms with Crippen LogP contribution in [0.15, 0.2) is 52.8 Å². The number of anilines is 1. The van der Waals surface area contributed by atoms with Crippen LogP contribution in [0.25, 0.3) is 11.3 Å². The molecule has 30 heavy (non-hydrogen) atoms. The Morgan fingerprint density at radius 3 is 2.87 bits per heavy atom. The minimum absolute atomic E-state index is 0.0109. The lowest BCUT2D eigenvalue weighted by Crippen LogP contribution is -2.25. The van der Waals surface area contributed by atoms with Crippen LogP contribution in [0.4, 0.5) is 17.1 Å². The molecule has 154 valence electrons. The maximum Gasteiger partial charge on any atom is 0.294 e. The molecule has 0 bridgehead atoms. The minimum atomic E-state index is -0.424. The zero-order chi connectivity index (χ0) is 21.3. The summed E-state index contributed by atoms with van der Waals surface area (Å²) in [4.78, 5) is 27.9. The molecule has 1 aliphatic heterocycles. The van der Waals surface area contributed by atoms with Crippen LogP contribution < -0.4 is 14.9 Å². The average Bonchev–Trinajstić information content (AvgIpc) is 3.09. The lowest BCUT2D eigenvalue weighted by atomic mass is 10.1. The standard InChI is InChI=1S/C21H20N4O4S/c1-13(2)10-24-18(14-7-8-19-16(9-14)22-20(26)11-29-19)12-30-21(24)23-15-5-3-4-6-17(15)25(27)28/h3-9,12-13H,10-11H2,1-2H3,(H,22,26). The Hall–Kier alpha value is -3.46. The maximum atomic E-state index is 11.7. The van der Waals surface area contributed by atoms with Gasteiger partial charge in [-0.25, -0.2) is 4.99 Å². The number of carbonyl (C=O) groups excluding carboxylic acids is 1. The second-order valence-electron chi connectivity index (χ2n) is 7.31. The number of ether oxygens (including phenoxy) is 1. The molecule has 1 aliphatic rings. The second-order valence-corrected chi connectivity index (χ2v) is 8.15. The average molecular weight is 424 g/mol. The summed E-state index contributed by atoms with van der Waals surface area (Å²) in [7, 11) is 0. The molecule has 2 heterocycles. The van der Waals surface area contributed by atoms with Gasteiger partial charge in [0.05, 0.1) is 16.3 Å². The van der Waals surface area contributed by atoms with E-state index in [1.54, 1.807) is 18.2 Å². The fourth-order valence-corrected chi connectivity index (χ4v) is 4.18. The van der Waals surface area contributed by atoms with Crippen LogP contribution in [-0.2, 0) is 11.3 Å². The smallest absolute Gasteiger partial charge is 0.294 e. The first-order valence-corrected chi connectivity index (χ1v) is 10.3. The predicted molar refractivity (Wildman–Crippen MR) is 115 cm³/mol. The topological polar surface area (TPSA) is 98.8 Å². The first-order chi connectivity index (χ1) is 14.4. The predicted octanol–water partition coefficient (Wildman–Crippen LogP) is 4.34. The van der Waals surface area contributed by atoms with Gasteiger partial charge >= 0.3 is 0 Å². The van der Waals surface area contributed by atoms with Crippen molar-refractivity contribution in [2.45, 2.75) is 20.4 Å². The molecule has 0 unspecified atom stereocenters. The number of rotatable bonds is 5. The molecule has 3 aromatic rings. The Morgan fingerprint density at radius 1 is 1.30 bits per heavy atom. The number of benzene rings is 2. The highest BCUT2D eigenvalue weighted by Gasteiger charge is 2.18. The highest BCUT2D eigenvalue weighted by molar-refractivity contribution is 7.07. The van der Waals surface area contributed by atoms with Crippen molar-refractivity contribution in [2.75, 3.05) is 11.9 Å². The van der Waals surface area contributed by atoms with Gasteiger partial charge < -0.3 is 14.6 Å². The number of thiazole rings is 1. The fraction of sp³-hybridized carbons (Fsp3) is 0.238. The van der Waals surface area contributed by atoms with E-state index in [0.29, 0.717) is 34.4 Å². The second kappa shape index (κ2) is 8.11. The zero-order valence-electron chi connectivity index (χ0n) is 16.5. The molecule has 1 aromatic heterocycles. The van der Waals surface area contributed by atoms with E-state index >= 15 is 0 Å². The molecule has 4 rings (SSSR count). The normalized spacial score (nSPS) is 13.7. The fourth-order valence-electron chi connectivity index (χ4n) is 3.25. The Labute approximate surface area is 176 Å². The third-order valence-electron chi connectivity index (χ3n) is 4.55. The van der Waals surface area contributed by atoms with Crippen molar-refractivity contribution < 1.29 is 14.5 Å². The number of amides is 1. The van der Waals surface area contributed by atoms with Gasteiger partial charge in [-0.1, -0.05) is 26.0 Å². The van der Waals surface area contributed by atoms with Crippen molar-refractivity contribution >= 4 is 34.3 Å². The number of fused-ring (bicyclic) bond motifs is 1.